The molecule has 0 spiro atoms. The van der Waals surface area contributed by atoms with Gasteiger partial charge < -0.3 is 25.7 Å². The van der Waals surface area contributed by atoms with E-state index >= 15 is 0 Å². The van der Waals surface area contributed by atoms with E-state index in [1.54, 1.807) is 24.3 Å². The minimum Gasteiger partial charge on any atom is -0.508 e. The van der Waals surface area contributed by atoms with Gasteiger partial charge in [-0.3, -0.25) is 4.79 Å². The predicted molar refractivity (Wildman–Crippen MR) is 90.8 cm³/mol. The van der Waals surface area contributed by atoms with E-state index in [2.05, 4.69) is 5.32 Å². The van der Waals surface area contributed by atoms with Crippen molar-refractivity contribution >= 4 is 17.2 Å². The first-order valence-electron chi connectivity index (χ1n) is 8.00. The highest BCUT2D eigenvalue weighted by molar-refractivity contribution is 6.31. The van der Waals surface area contributed by atoms with Crippen LogP contribution in [0.4, 0.5) is 5.69 Å². The third-order valence-electron chi connectivity index (χ3n) is 4.84. The zero-order valence-corrected chi connectivity index (χ0v) is 13.2. The summed E-state index contributed by atoms with van der Waals surface area (Å²) in [6.45, 7) is 0. The van der Waals surface area contributed by atoms with Crippen LogP contribution in [0, 0.1) is 5.92 Å². The third-order valence-corrected chi connectivity index (χ3v) is 4.84. The molecule has 0 bridgehead atoms. The molecule has 2 aromatic rings. The van der Waals surface area contributed by atoms with Crippen molar-refractivity contribution in [3.05, 3.63) is 59.2 Å². The summed E-state index contributed by atoms with van der Waals surface area (Å²) in [4.78, 5) is 12.3. The lowest BCUT2D eigenvalue weighted by Crippen LogP contribution is -2.23. The minimum atomic E-state index is -1.04. The van der Waals surface area contributed by atoms with Crippen molar-refractivity contribution in [2.45, 2.75) is 18.6 Å². The average molecular weight is 339 g/mol. The first kappa shape index (κ1) is 15.7. The number of amides is 1. The number of aliphatic hydroxyl groups excluding tert-OH is 2. The normalized spacial score (nSPS) is 26.2. The molecule has 1 aliphatic carbocycles. The molecule has 2 aliphatic rings. The van der Waals surface area contributed by atoms with Gasteiger partial charge in [-0.1, -0.05) is 18.2 Å². The molecule has 1 heterocycles. The zero-order valence-electron chi connectivity index (χ0n) is 13.2. The van der Waals surface area contributed by atoms with Crippen LogP contribution in [0.5, 0.6) is 11.5 Å². The number of hydrogen-bond acceptors (Lipinski definition) is 5. The second kappa shape index (κ2) is 5.61. The Balaban J connectivity index is 1.77. The summed E-state index contributed by atoms with van der Waals surface area (Å²) in [5, 5.41) is 43.5. The second-order valence-electron chi connectivity index (χ2n) is 6.40. The Morgan fingerprint density at radius 2 is 1.92 bits per heavy atom. The maximum Gasteiger partial charge on any atom is 0.256 e. The number of benzene rings is 2. The van der Waals surface area contributed by atoms with Crippen LogP contribution in [0.15, 0.2) is 42.5 Å². The Labute approximate surface area is 143 Å². The summed E-state index contributed by atoms with van der Waals surface area (Å²) in [5.74, 6) is -0.926. The summed E-state index contributed by atoms with van der Waals surface area (Å²) in [6.07, 6.45) is -0.0615. The number of fused-ring (bicyclic) bond motifs is 2. The molecule has 1 aliphatic heterocycles. The minimum absolute atomic E-state index is 0.0355. The highest BCUT2D eigenvalue weighted by Crippen LogP contribution is 2.46. The lowest BCUT2D eigenvalue weighted by Gasteiger charge is -2.32. The van der Waals surface area contributed by atoms with Crippen LogP contribution in [-0.2, 0) is 4.79 Å². The summed E-state index contributed by atoms with van der Waals surface area (Å²) in [7, 11) is 0. The van der Waals surface area contributed by atoms with Gasteiger partial charge >= 0.3 is 0 Å². The van der Waals surface area contributed by atoms with Gasteiger partial charge in [-0.25, -0.2) is 0 Å². The van der Waals surface area contributed by atoms with Crippen LogP contribution < -0.4 is 5.32 Å². The van der Waals surface area contributed by atoms with Crippen molar-refractivity contribution < 1.29 is 25.2 Å². The number of phenolic OH excluding ortho intramolecular Hbond substituents is 2. The van der Waals surface area contributed by atoms with Crippen LogP contribution in [0.3, 0.4) is 0 Å². The summed E-state index contributed by atoms with van der Waals surface area (Å²) in [5.41, 5.74) is 2.26. The van der Waals surface area contributed by atoms with E-state index in [1.807, 2.05) is 0 Å². The fourth-order valence-electron chi connectivity index (χ4n) is 3.63. The number of hydrogen-bond donors (Lipinski definition) is 5. The maximum absolute atomic E-state index is 12.3. The van der Waals surface area contributed by atoms with Gasteiger partial charge in [-0.2, -0.15) is 0 Å². The first-order valence-corrected chi connectivity index (χ1v) is 8.00. The molecule has 0 radical (unpaired) electrons. The topological polar surface area (TPSA) is 110 Å². The van der Waals surface area contributed by atoms with Gasteiger partial charge in [0.1, 0.15) is 11.5 Å². The summed E-state index contributed by atoms with van der Waals surface area (Å²) >= 11 is 0. The number of nitrogens with one attached hydrogen (secondary N) is 1. The third kappa shape index (κ3) is 2.47. The Kier molecular flexibility index (Phi) is 3.52. The fourth-order valence-corrected chi connectivity index (χ4v) is 3.63. The Morgan fingerprint density at radius 1 is 1.12 bits per heavy atom. The van der Waals surface area contributed by atoms with Crippen molar-refractivity contribution in [3.8, 4) is 11.5 Å². The summed E-state index contributed by atoms with van der Waals surface area (Å²) in [6, 6.07) is 9.32. The molecule has 0 saturated heterocycles. The van der Waals surface area contributed by atoms with Gasteiger partial charge in [0, 0.05) is 28.3 Å². The molecule has 6 nitrogen and oxygen atoms in total. The van der Waals surface area contributed by atoms with Crippen LogP contribution in [0.25, 0.3) is 5.57 Å². The van der Waals surface area contributed by atoms with E-state index in [-0.39, 0.29) is 29.4 Å². The van der Waals surface area contributed by atoms with Crippen molar-refractivity contribution in [2.24, 2.45) is 5.92 Å². The molecule has 0 aromatic heterocycles. The first-order chi connectivity index (χ1) is 12.0. The second-order valence-corrected chi connectivity index (χ2v) is 6.40. The molecule has 3 atom stereocenters. The molecule has 128 valence electrons. The van der Waals surface area contributed by atoms with Crippen molar-refractivity contribution in [1.29, 1.82) is 0 Å². The molecule has 3 unspecified atom stereocenters. The van der Waals surface area contributed by atoms with Gasteiger partial charge in [0.25, 0.3) is 5.91 Å². The quantitative estimate of drug-likeness (QED) is 0.404. The monoisotopic (exact) mass is 339 g/mol. The molecule has 5 N–H and O–H groups in total. The number of phenols is 2. The Hall–Kier alpha value is -2.83. The molecule has 4 rings (SSSR count). The number of aromatic hydroxyl groups is 2. The molecule has 25 heavy (non-hydrogen) atoms. The standard InChI is InChI=1S/C19H17NO5/c21-10-4-5-14-12(8-10)13(19(25)20-14)6-9-7-16(23)11-2-1-3-15(22)17(11)18(9)24/h1-6,8-9,16,18,21-24H,7H2,(H,20,25). The zero-order chi connectivity index (χ0) is 17.7. The molecule has 2 aromatic carbocycles. The lowest BCUT2D eigenvalue weighted by molar-refractivity contribution is -0.110. The highest BCUT2D eigenvalue weighted by atomic mass is 16.3. The van der Waals surface area contributed by atoms with Gasteiger partial charge in [0.2, 0.25) is 0 Å². The predicted octanol–water partition coefficient (Wildman–Crippen LogP) is 2.22. The fraction of sp³-hybridized carbons (Fsp3) is 0.211. The molecule has 0 saturated carbocycles. The van der Waals surface area contributed by atoms with E-state index in [4.69, 9.17) is 0 Å². The number of anilines is 1. The van der Waals surface area contributed by atoms with Crippen molar-refractivity contribution in [2.75, 3.05) is 5.32 Å². The van der Waals surface area contributed by atoms with Gasteiger partial charge in [0.15, 0.2) is 0 Å². The number of carbonyl (C=O) groups is 1. The van der Waals surface area contributed by atoms with E-state index in [9.17, 15) is 25.2 Å². The SMILES string of the molecule is O=C1Nc2ccc(O)cc2C1=CC1CC(O)c2cccc(O)c2C1O. The number of carbonyl (C=O) groups excluding carboxylic acids is 1. The van der Waals surface area contributed by atoms with E-state index in [0.717, 1.165) is 0 Å². The smallest absolute Gasteiger partial charge is 0.256 e. The van der Waals surface area contributed by atoms with Crippen LogP contribution in [-0.4, -0.2) is 26.3 Å². The van der Waals surface area contributed by atoms with Crippen molar-refractivity contribution in [3.63, 3.8) is 0 Å². The van der Waals surface area contributed by atoms with E-state index < -0.39 is 18.1 Å². The molecule has 1 amide bonds. The molecular formula is C19H17NO5. The van der Waals surface area contributed by atoms with Crippen LogP contribution in [0.1, 0.15) is 35.3 Å². The van der Waals surface area contributed by atoms with Crippen molar-refractivity contribution in [1.82, 2.24) is 0 Å². The van der Waals surface area contributed by atoms with Gasteiger partial charge in [0.05, 0.1) is 12.2 Å². The van der Waals surface area contributed by atoms with Gasteiger partial charge in [-0.15, -0.1) is 0 Å². The summed E-state index contributed by atoms with van der Waals surface area (Å²) < 4.78 is 0. The maximum atomic E-state index is 12.3. The Bertz CT molecular complexity index is 905. The highest BCUT2D eigenvalue weighted by Gasteiger charge is 2.35. The molecular weight excluding hydrogens is 322 g/mol. The van der Waals surface area contributed by atoms with E-state index in [1.165, 1.54) is 18.2 Å². The van der Waals surface area contributed by atoms with Gasteiger partial charge in [-0.05, 0) is 36.2 Å². The molecule has 6 heteroatoms. The Morgan fingerprint density at radius 3 is 2.72 bits per heavy atom. The molecule has 0 fully saturated rings. The average Bonchev–Trinajstić information content (AvgIpc) is 2.87. The van der Waals surface area contributed by atoms with E-state index in [0.29, 0.717) is 22.4 Å². The number of aliphatic hydroxyl groups is 2. The number of rotatable bonds is 1. The largest absolute Gasteiger partial charge is 0.508 e. The van der Waals surface area contributed by atoms with Crippen LogP contribution in [0.2, 0.25) is 0 Å². The van der Waals surface area contributed by atoms with Crippen LogP contribution >= 0.6 is 0 Å². The lowest BCUT2D eigenvalue weighted by atomic mass is 9.78.